The summed E-state index contributed by atoms with van der Waals surface area (Å²) in [5, 5.41) is 2.00. The molecule has 0 aliphatic carbocycles. The molecular weight excluding hydrogens is 428 g/mol. The third kappa shape index (κ3) is 5.15. The van der Waals surface area contributed by atoms with Gasteiger partial charge in [-0.3, -0.25) is 4.79 Å². The second-order valence-corrected chi connectivity index (χ2v) is 8.39. The molecule has 2 aromatic rings. The lowest BCUT2D eigenvalue weighted by Gasteiger charge is -2.15. The normalized spacial score (nSPS) is 17.1. The summed E-state index contributed by atoms with van der Waals surface area (Å²) < 4.78 is 86.0. The Bertz CT molecular complexity index is 1040. The van der Waals surface area contributed by atoms with Crippen LogP contribution in [0.25, 0.3) is 0 Å². The molecule has 11 heteroatoms. The average molecular weight is 446 g/mol. The average Bonchev–Trinajstić information content (AvgIpc) is 3.20. The SMILES string of the molecule is O=C(Nc1ccccc1C(F)(F)F)c1cc(S(=O)(=O)NCC2CCCO2)ccc1F. The van der Waals surface area contributed by atoms with E-state index in [1.807, 2.05) is 5.32 Å². The van der Waals surface area contributed by atoms with Crippen molar-refractivity contribution in [3.8, 4) is 0 Å². The minimum atomic E-state index is -4.74. The minimum Gasteiger partial charge on any atom is -0.377 e. The number of sulfonamides is 1. The zero-order valence-corrected chi connectivity index (χ0v) is 16.3. The van der Waals surface area contributed by atoms with Gasteiger partial charge in [-0.25, -0.2) is 17.5 Å². The second kappa shape index (κ2) is 8.70. The van der Waals surface area contributed by atoms with E-state index in [4.69, 9.17) is 4.74 Å². The number of alkyl halides is 3. The van der Waals surface area contributed by atoms with Crippen LogP contribution >= 0.6 is 0 Å². The van der Waals surface area contributed by atoms with Crippen molar-refractivity contribution in [3.63, 3.8) is 0 Å². The van der Waals surface area contributed by atoms with Crippen molar-refractivity contribution in [1.29, 1.82) is 0 Å². The lowest BCUT2D eigenvalue weighted by Crippen LogP contribution is -2.32. The van der Waals surface area contributed by atoms with Crippen LogP contribution in [0.15, 0.2) is 47.4 Å². The Labute approximate surface area is 170 Å². The standard InChI is InChI=1S/C19H18F4N2O4S/c20-16-8-7-13(30(27,28)24-11-12-4-3-9-29-12)10-14(16)18(26)25-17-6-2-1-5-15(17)19(21,22)23/h1-2,5-8,10,12,24H,3-4,9,11H2,(H,25,26). The van der Waals surface area contributed by atoms with Gasteiger partial charge >= 0.3 is 6.18 Å². The molecule has 0 saturated carbocycles. The molecule has 1 aliphatic heterocycles. The highest BCUT2D eigenvalue weighted by Crippen LogP contribution is 2.34. The van der Waals surface area contributed by atoms with Crippen LogP contribution in [0.2, 0.25) is 0 Å². The van der Waals surface area contributed by atoms with Crippen molar-refractivity contribution in [2.45, 2.75) is 30.0 Å². The van der Waals surface area contributed by atoms with Crippen LogP contribution < -0.4 is 10.0 Å². The van der Waals surface area contributed by atoms with Gasteiger partial charge in [0.05, 0.1) is 27.8 Å². The van der Waals surface area contributed by atoms with E-state index in [1.165, 1.54) is 6.07 Å². The number of para-hydroxylation sites is 1. The largest absolute Gasteiger partial charge is 0.418 e. The Morgan fingerprint density at radius 1 is 1.17 bits per heavy atom. The number of benzene rings is 2. The van der Waals surface area contributed by atoms with Gasteiger partial charge in [0, 0.05) is 13.2 Å². The Morgan fingerprint density at radius 3 is 2.57 bits per heavy atom. The summed E-state index contributed by atoms with van der Waals surface area (Å²) in [5.41, 5.74) is -2.38. The summed E-state index contributed by atoms with van der Waals surface area (Å²) in [6, 6.07) is 6.71. The van der Waals surface area contributed by atoms with Crippen LogP contribution in [0.1, 0.15) is 28.8 Å². The molecule has 1 atom stereocenters. The van der Waals surface area contributed by atoms with Gasteiger partial charge in [-0.1, -0.05) is 12.1 Å². The number of halogens is 4. The molecule has 1 unspecified atom stereocenters. The van der Waals surface area contributed by atoms with Gasteiger partial charge in [-0.15, -0.1) is 0 Å². The van der Waals surface area contributed by atoms with Crippen molar-refractivity contribution < 1.29 is 35.5 Å². The molecule has 162 valence electrons. The maximum Gasteiger partial charge on any atom is 0.418 e. The summed E-state index contributed by atoms with van der Waals surface area (Å²) in [6.45, 7) is 0.548. The number of anilines is 1. The smallest absolute Gasteiger partial charge is 0.377 e. The molecule has 2 N–H and O–H groups in total. The number of nitrogens with one attached hydrogen (secondary N) is 2. The highest BCUT2D eigenvalue weighted by molar-refractivity contribution is 7.89. The van der Waals surface area contributed by atoms with Gasteiger partial charge in [0.25, 0.3) is 5.91 Å². The molecule has 3 rings (SSSR count). The first-order valence-corrected chi connectivity index (χ1v) is 10.4. The number of carbonyl (C=O) groups is 1. The van der Waals surface area contributed by atoms with Gasteiger partial charge in [0.15, 0.2) is 0 Å². The molecule has 1 heterocycles. The Balaban J connectivity index is 1.82. The molecule has 0 spiro atoms. The van der Waals surface area contributed by atoms with Gasteiger partial charge in [0.1, 0.15) is 5.82 Å². The first kappa shape index (κ1) is 22.2. The fraction of sp³-hybridized carbons (Fsp3) is 0.316. The summed E-state index contributed by atoms with van der Waals surface area (Å²) >= 11 is 0. The Kier molecular flexibility index (Phi) is 6.44. The number of rotatable bonds is 6. The van der Waals surface area contributed by atoms with E-state index in [-0.39, 0.29) is 12.6 Å². The predicted octanol–water partition coefficient (Wildman–Crippen LogP) is 3.55. The maximum atomic E-state index is 14.2. The van der Waals surface area contributed by atoms with Crippen molar-refractivity contribution >= 4 is 21.6 Å². The highest BCUT2D eigenvalue weighted by Gasteiger charge is 2.34. The predicted molar refractivity (Wildman–Crippen MR) is 100.0 cm³/mol. The molecule has 1 saturated heterocycles. The Hall–Kier alpha value is -2.50. The number of hydrogen-bond acceptors (Lipinski definition) is 4. The van der Waals surface area contributed by atoms with Crippen LogP contribution in [0, 0.1) is 5.82 Å². The highest BCUT2D eigenvalue weighted by atomic mass is 32.2. The lowest BCUT2D eigenvalue weighted by molar-refractivity contribution is -0.136. The van der Waals surface area contributed by atoms with E-state index in [1.54, 1.807) is 0 Å². The summed E-state index contributed by atoms with van der Waals surface area (Å²) in [7, 11) is -4.08. The molecule has 0 aromatic heterocycles. The van der Waals surface area contributed by atoms with E-state index in [2.05, 4.69) is 4.72 Å². The molecule has 6 nitrogen and oxygen atoms in total. The minimum absolute atomic E-state index is 0.0141. The molecular formula is C19H18F4N2O4S. The van der Waals surface area contributed by atoms with Crippen LogP contribution in [0.4, 0.5) is 23.2 Å². The maximum absolute atomic E-state index is 14.2. The molecule has 0 radical (unpaired) electrons. The van der Waals surface area contributed by atoms with Crippen molar-refractivity contribution in [1.82, 2.24) is 4.72 Å². The summed E-state index contributed by atoms with van der Waals surface area (Å²) in [4.78, 5) is 12.0. The second-order valence-electron chi connectivity index (χ2n) is 6.63. The summed E-state index contributed by atoms with van der Waals surface area (Å²) in [5.74, 6) is -2.28. The van der Waals surface area contributed by atoms with Crippen LogP contribution in [0.5, 0.6) is 0 Å². The first-order chi connectivity index (χ1) is 14.1. The van der Waals surface area contributed by atoms with Crippen LogP contribution in [-0.2, 0) is 20.9 Å². The van der Waals surface area contributed by atoms with E-state index in [0.717, 1.165) is 42.8 Å². The van der Waals surface area contributed by atoms with Crippen molar-refractivity contribution in [3.05, 3.63) is 59.4 Å². The van der Waals surface area contributed by atoms with Gasteiger partial charge in [-0.05, 0) is 43.2 Å². The Morgan fingerprint density at radius 2 is 1.90 bits per heavy atom. The van der Waals surface area contributed by atoms with E-state index < -0.39 is 49.6 Å². The van der Waals surface area contributed by atoms with Crippen molar-refractivity contribution in [2.75, 3.05) is 18.5 Å². The number of amides is 1. The fourth-order valence-electron chi connectivity index (χ4n) is 2.97. The third-order valence-electron chi connectivity index (χ3n) is 4.50. The zero-order valence-electron chi connectivity index (χ0n) is 15.5. The molecule has 2 aromatic carbocycles. The topological polar surface area (TPSA) is 84.5 Å². The van der Waals surface area contributed by atoms with E-state index in [0.29, 0.717) is 13.0 Å². The van der Waals surface area contributed by atoms with Crippen LogP contribution in [0.3, 0.4) is 0 Å². The first-order valence-electron chi connectivity index (χ1n) is 8.96. The quantitative estimate of drug-likeness (QED) is 0.665. The molecule has 1 fully saturated rings. The molecule has 30 heavy (non-hydrogen) atoms. The fourth-order valence-corrected chi connectivity index (χ4v) is 4.06. The van der Waals surface area contributed by atoms with Gasteiger partial charge in [-0.2, -0.15) is 13.2 Å². The monoisotopic (exact) mass is 446 g/mol. The number of hydrogen-bond donors (Lipinski definition) is 2. The lowest BCUT2D eigenvalue weighted by atomic mass is 10.1. The molecule has 1 aliphatic rings. The molecule has 0 bridgehead atoms. The van der Waals surface area contributed by atoms with E-state index >= 15 is 0 Å². The third-order valence-corrected chi connectivity index (χ3v) is 5.92. The van der Waals surface area contributed by atoms with Crippen LogP contribution in [-0.4, -0.2) is 33.6 Å². The van der Waals surface area contributed by atoms with Gasteiger partial charge in [0.2, 0.25) is 10.0 Å². The number of carbonyl (C=O) groups excluding carboxylic acids is 1. The molecule has 1 amide bonds. The zero-order chi connectivity index (χ0) is 21.9. The van der Waals surface area contributed by atoms with E-state index in [9.17, 15) is 30.8 Å². The number of ether oxygens (including phenoxy) is 1. The van der Waals surface area contributed by atoms with Gasteiger partial charge < -0.3 is 10.1 Å². The van der Waals surface area contributed by atoms with Crippen molar-refractivity contribution in [2.24, 2.45) is 0 Å². The summed E-state index contributed by atoms with van der Waals surface area (Å²) in [6.07, 6.45) is -3.51.